The van der Waals surface area contributed by atoms with Crippen LogP contribution >= 0.6 is 11.8 Å². The highest BCUT2D eigenvalue weighted by Crippen LogP contribution is 2.28. The van der Waals surface area contributed by atoms with Gasteiger partial charge in [0.2, 0.25) is 5.91 Å². The third kappa shape index (κ3) is 5.48. The molecule has 8 heteroatoms. The van der Waals surface area contributed by atoms with Crippen molar-refractivity contribution >= 4 is 23.7 Å². The maximum absolute atomic E-state index is 11.8. The maximum Gasteiger partial charge on any atom is 0.318 e. The molecule has 1 aromatic heterocycles. The van der Waals surface area contributed by atoms with E-state index in [0.717, 1.165) is 36.1 Å². The number of hydrogen-bond acceptors (Lipinski definition) is 5. The fraction of sp³-hybridized carbons (Fsp3) is 0.273. The van der Waals surface area contributed by atoms with E-state index in [0.29, 0.717) is 11.0 Å². The highest BCUT2D eigenvalue weighted by molar-refractivity contribution is 7.99. The molecule has 7 nitrogen and oxygen atoms in total. The fourth-order valence-corrected chi connectivity index (χ4v) is 3.73. The van der Waals surface area contributed by atoms with E-state index >= 15 is 0 Å². The van der Waals surface area contributed by atoms with Crippen LogP contribution in [0, 0.1) is 6.92 Å². The number of imide groups is 1. The average molecular weight is 424 g/mol. The summed E-state index contributed by atoms with van der Waals surface area (Å²) in [6, 6.07) is 15.5. The molecule has 156 valence electrons. The lowest BCUT2D eigenvalue weighted by atomic mass is 10.1. The molecule has 30 heavy (non-hydrogen) atoms. The molecule has 0 aliphatic heterocycles. The Hall–Kier alpha value is -3.13. The number of carbonyl (C=O) groups excluding carboxylic acids is 2. The topological polar surface area (TPSA) is 103 Å². The molecule has 0 bridgehead atoms. The van der Waals surface area contributed by atoms with Gasteiger partial charge >= 0.3 is 6.03 Å². The van der Waals surface area contributed by atoms with Crippen LogP contribution < -0.4 is 11.1 Å². The number of aromatic nitrogens is 3. The first kappa shape index (κ1) is 21.6. The van der Waals surface area contributed by atoms with Crippen molar-refractivity contribution in [3.63, 3.8) is 0 Å². The summed E-state index contributed by atoms with van der Waals surface area (Å²) in [5.41, 5.74) is 9.28. The molecule has 1 heterocycles. The van der Waals surface area contributed by atoms with Gasteiger partial charge in [0.05, 0.1) is 5.75 Å². The predicted octanol–water partition coefficient (Wildman–Crippen LogP) is 3.87. The Bertz CT molecular complexity index is 1010. The van der Waals surface area contributed by atoms with Crippen molar-refractivity contribution in [2.45, 2.75) is 38.3 Å². The number of benzene rings is 2. The lowest BCUT2D eigenvalue weighted by Gasteiger charge is -2.11. The highest BCUT2D eigenvalue weighted by atomic mass is 32.2. The summed E-state index contributed by atoms with van der Waals surface area (Å²) in [4.78, 5) is 22.7. The van der Waals surface area contributed by atoms with Crippen molar-refractivity contribution in [1.29, 1.82) is 0 Å². The number of amides is 3. The van der Waals surface area contributed by atoms with Crippen molar-refractivity contribution in [3.8, 4) is 17.1 Å². The molecule has 0 radical (unpaired) electrons. The van der Waals surface area contributed by atoms with Gasteiger partial charge in [-0.3, -0.25) is 14.7 Å². The van der Waals surface area contributed by atoms with Crippen molar-refractivity contribution in [2.24, 2.45) is 5.73 Å². The van der Waals surface area contributed by atoms with E-state index < -0.39 is 11.9 Å². The number of urea groups is 1. The number of aryl methyl sites for hydroxylation is 2. The molecule has 2 aromatic carbocycles. The van der Waals surface area contributed by atoms with Gasteiger partial charge in [0, 0.05) is 11.3 Å². The quantitative estimate of drug-likeness (QED) is 0.535. The Morgan fingerprint density at radius 2 is 1.77 bits per heavy atom. The number of unbranched alkanes of at least 4 members (excludes halogenated alkanes) is 1. The minimum atomic E-state index is -0.870. The van der Waals surface area contributed by atoms with E-state index in [9.17, 15) is 9.59 Å². The summed E-state index contributed by atoms with van der Waals surface area (Å²) in [6.07, 6.45) is 3.34. The number of carbonyl (C=O) groups is 2. The van der Waals surface area contributed by atoms with Crippen LogP contribution in [0.3, 0.4) is 0 Å². The molecule has 0 fully saturated rings. The minimum Gasteiger partial charge on any atom is -0.351 e. The zero-order valence-electron chi connectivity index (χ0n) is 17.1. The second kappa shape index (κ2) is 10.1. The maximum atomic E-state index is 11.8. The van der Waals surface area contributed by atoms with E-state index in [-0.39, 0.29) is 5.75 Å². The molecule has 0 aliphatic rings. The van der Waals surface area contributed by atoms with Crippen LogP contribution in [0.4, 0.5) is 4.79 Å². The molecular formula is C22H25N5O2S. The van der Waals surface area contributed by atoms with E-state index in [1.54, 1.807) is 0 Å². The van der Waals surface area contributed by atoms with Crippen LogP contribution in [0.2, 0.25) is 0 Å². The number of rotatable bonds is 8. The highest BCUT2D eigenvalue weighted by Gasteiger charge is 2.17. The molecule has 0 unspecified atom stereocenters. The summed E-state index contributed by atoms with van der Waals surface area (Å²) in [5.74, 6) is 0.215. The van der Waals surface area contributed by atoms with Crippen LogP contribution in [-0.2, 0) is 11.2 Å². The molecule has 0 spiro atoms. The Kier molecular flexibility index (Phi) is 7.24. The van der Waals surface area contributed by atoms with Crippen LogP contribution in [0.1, 0.15) is 30.9 Å². The van der Waals surface area contributed by atoms with Crippen molar-refractivity contribution in [3.05, 3.63) is 59.7 Å². The first-order valence-electron chi connectivity index (χ1n) is 9.81. The summed E-state index contributed by atoms with van der Waals surface area (Å²) in [7, 11) is 0. The van der Waals surface area contributed by atoms with Gasteiger partial charge in [0.1, 0.15) is 0 Å². The monoisotopic (exact) mass is 423 g/mol. The number of hydrogen-bond donors (Lipinski definition) is 2. The fourth-order valence-electron chi connectivity index (χ4n) is 2.98. The smallest absolute Gasteiger partial charge is 0.318 e. The summed E-state index contributed by atoms with van der Waals surface area (Å²) >= 11 is 1.20. The number of nitrogens with zero attached hydrogens (tertiary/aromatic N) is 3. The number of nitrogens with two attached hydrogens (primary N) is 1. The SMILES string of the molecule is CCCCc1ccc(-n2c(SCC(=O)NC(N)=O)nnc2-c2ccc(C)cc2)cc1. The zero-order chi connectivity index (χ0) is 21.5. The lowest BCUT2D eigenvalue weighted by Crippen LogP contribution is -2.36. The molecule has 0 atom stereocenters. The van der Waals surface area contributed by atoms with Crippen LogP contribution in [0.15, 0.2) is 53.7 Å². The molecule has 3 rings (SSSR count). The van der Waals surface area contributed by atoms with Gasteiger partial charge in [-0.1, -0.05) is 67.1 Å². The molecule has 3 aromatic rings. The summed E-state index contributed by atoms with van der Waals surface area (Å²) in [6.45, 7) is 4.21. The standard InChI is InChI=1S/C22H25N5O2S/c1-3-4-5-16-8-12-18(13-9-16)27-20(17-10-6-15(2)7-11-17)25-26-22(27)30-14-19(28)24-21(23)29/h6-13H,3-5,14H2,1-2H3,(H3,23,24,28,29). The van der Waals surface area contributed by atoms with Gasteiger partial charge in [0.25, 0.3) is 0 Å². The van der Waals surface area contributed by atoms with E-state index in [2.05, 4.69) is 34.6 Å². The third-order valence-electron chi connectivity index (χ3n) is 4.55. The van der Waals surface area contributed by atoms with Crippen LogP contribution in [-0.4, -0.2) is 32.5 Å². The van der Waals surface area contributed by atoms with Gasteiger partial charge in [-0.2, -0.15) is 0 Å². The van der Waals surface area contributed by atoms with E-state index in [1.807, 2.05) is 47.9 Å². The first-order valence-corrected chi connectivity index (χ1v) is 10.8. The molecule has 3 N–H and O–H groups in total. The average Bonchev–Trinajstić information content (AvgIpc) is 3.15. The Labute approximate surface area is 180 Å². The van der Waals surface area contributed by atoms with Gasteiger partial charge in [-0.25, -0.2) is 4.79 Å². The normalized spacial score (nSPS) is 10.7. The second-order valence-corrected chi connectivity index (χ2v) is 7.92. The van der Waals surface area contributed by atoms with Gasteiger partial charge in [-0.05, 0) is 37.5 Å². The Balaban J connectivity index is 1.94. The van der Waals surface area contributed by atoms with Gasteiger partial charge in [-0.15, -0.1) is 10.2 Å². The number of thioether (sulfide) groups is 1. The number of nitrogens with one attached hydrogen (secondary N) is 1. The van der Waals surface area contributed by atoms with Crippen LogP contribution in [0.25, 0.3) is 17.1 Å². The van der Waals surface area contributed by atoms with Crippen molar-refractivity contribution in [2.75, 3.05) is 5.75 Å². The van der Waals surface area contributed by atoms with Gasteiger partial charge < -0.3 is 5.73 Å². The largest absolute Gasteiger partial charge is 0.351 e. The second-order valence-electron chi connectivity index (χ2n) is 6.98. The summed E-state index contributed by atoms with van der Waals surface area (Å²) in [5, 5.41) is 11.3. The van der Waals surface area contributed by atoms with Gasteiger partial charge in [0.15, 0.2) is 11.0 Å². The third-order valence-corrected chi connectivity index (χ3v) is 5.48. The van der Waals surface area contributed by atoms with Crippen molar-refractivity contribution in [1.82, 2.24) is 20.1 Å². The Morgan fingerprint density at radius 3 is 2.40 bits per heavy atom. The molecular weight excluding hydrogens is 398 g/mol. The molecule has 0 saturated heterocycles. The molecule has 0 saturated carbocycles. The summed E-state index contributed by atoms with van der Waals surface area (Å²) < 4.78 is 1.93. The molecule has 3 amide bonds. The molecule has 0 aliphatic carbocycles. The van der Waals surface area contributed by atoms with Crippen LogP contribution in [0.5, 0.6) is 0 Å². The predicted molar refractivity (Wildman–Crippen MR) is 119 cm³/mol. The van der Waals surface area contributed by atoms with Crippen molar-refractivity contribution < 1.29 is 9.59 Å². The lowest BCUT2D eigenvalue weighted by molar-refractivity contribution is -0.117. The number of primary amides is 1. The van der Waals surface area contributed by atoms with E-state index in [1.165, 1.54) is 17.3 Å². The Morgan fingerprint density at radius 1 is 1.07 bits per heavy atom. The van der Waals surface area contributed by atoms with E-state index in [4.69, 9.17) is 5.73 Å². The minimum absolute atomic E-state index is 0.00353. The first-order chi connectivity index (χ1) is 14.5. The zero-order valence-corrected chi connectivity index (χ0v) is 17.9.